The summed E-state index contributed by atoms with van der Waals surface area (Å²) in [5.41, 5.74) is 0. The van der Waals surface area contributed by atoms with Gasteiger partial charge in [0.1, 0.15) is 10.8 Å². The molecule has 0 spiro atoms. The molecule has 0 aromatic heterocycles. The van der Waals surface area contributed by atoms with Gasteiger partial charge in [-0.05, 0) is 25.6 Å². The van der Waals surface area contributed by atoms with Gasteiger partial charge in [0.15, 0.2) is 0 Å². The highest BCUT2D eigenvalue weighted by atomic mass is 35.5. The van der Waals surface area contributed by atoms with Gasteiger partial charge in [-0.15, -0.1) is 12.4 Å². The van der Waals surface area contributed by atoms with Crippen LogP contribution in [0, 0.1) is 0 Å². The monoisotopic (exact) mass is 340 g/mol. The summed E-state index contributed by atoms with van der Waals surface area (Å²) in [6.07, 6.45) is 1.07. The Morgan fingerprint density at radius 3 is 2.75 bits per heavy atom. The van der Waals surface area contributed by atoms with Crippen molar-refractivity contribution in [2.75, 3.05) is 26.7 Å². The summed E-state index contributed by atoms with van der Waals surface area (Å²) in [6.45, 7) is 1.83. The van der Waals surface area contributed by atoms with Gasteiger partial charge < -0.3 is 15.4 Å². The molecule has 0 heterocycles. The molecule has 0 unspecified atom stereocenters. The second kappa shape index (κ2) is 11.0. The molecule has 1 aromatic carbocycles. The van der Waals surface area contributed by atoms with Crippen LogP contribution in [-0.4, -0.2) is 32.7 Å². The second-order valence-corrected chi connectivity index (χ2v) is 4.74. The summed E-state index contributed by atoms with van der Waals surface area (Å²) in [5.74, 6) is 0.570. The molecule has 0 bridgehead atoms. The molecule has 0 fully saturated rings. The molecule has 0 saturated carbocycles. The number of likely N-dealkylation sites (N-methyl/N-ethyl adjacent to an activating group) is 1. The molecule has 0 radical (unpaired) electrons. The number of hydrogen-bond acceptors (Lipinski definition) is 3. The fraction of sp³-hybridized carbons (Fsp3) is 0.462. The Balaban J connectivity index is 0.00000361. The van der Waals surface area contributed by atoms with Crippen LogP contribution in [0.5, 0.6) is 5.75 Å². The van der Waals surface area contributed by atoms with E-state index in [-0.39, 0.29) is 18.3 Å². The molecule has 0 atom stereocenters. The van der Waals surface area contributed by atoms with E-state index in [0.29, 0.717) is 41.8 Å². The van der Waals surface area contributed by atoms with Crippen molar-refractivity contribution in [1.82, 2.24) is 10.6 Å². The zero-order valence-corrected chi connectivity index (χ0v) is 13.6. The van der Waals surface area contributed by atoms with E-state index in [1.807, 2.05) is 7.05 Å². The van der Waals surface area contributed by atoms with Gasteiger partial charge in [-0.3, -0.25) is 4.79 Å². The van der Waals surface area contributed by atoms with E-state index in [1.54, 1.807) is 18.2 Å². The minimum Gasteiger partial charge on any atom is -0.492 e. The Bertz CT molecular complexity index is 417. The van der Waals surface area contributed by atoms with Crippen LogP contribution in [0.1, 0.15) is 12.8 Å². The summed E-state index contributed by atoms with van der Waals surface area (Å²) in [7, 11) is 1.84. The SMILES string of the molecule is CNCCNC(=O)CCCOc1cccc(Cl)c1Cl.Cl. The largest absolute Gasteiger partial charge is 0.492 e. The minimum absolute atomic E-state index is 0. The van der Waals surface area contributed by atoms with Crippen molar-refractivity contribution in [1.29, 1.82) is 0 Å². The predicted octanol–water partition coefficient (Wildman–Crippen LogP) is 2.91. The molecule has 114 valence electrons. The molecule has 20 heavy (non-hydrogen) atoms. The maximum absolute atomic E-state index is 11.4. The molecule has 0 saturated heterocycles. The summed E-state index contributed by atoms with van der Waals surface area (Å²) >= 11 is 11.8. The van der Waals surface area contributed by atoms with Crippen LogP contribution in [0.4, 0.5) is 0 Å². The number of halogens is 3. The Morgan fingerprint density at radius 2 is 2.05 bits per heavy atom. The van der Waals surface area contributed by atoms with E-state index in [9.17, 15) is 4.79 Å². The second-order valence-electron chi connectivity index (χ2n) is 3.96. The summed E-state index contributed by atoms with van der Waals surface area (Å²) < 4.78 is 5.48. The molecule has 1 amide bonds. The average Bonchev–Trinajstić information content (AvgIpc) is 2.39. The number of carbonyl (C=O) groups excluding carboxylic acids is 1. The van der Waals surface area contributed by atoms with Gasteiger partial charge in [0.2, 0.25) is 5.91 Å². The molecule has 2 N–H and O–H groups in total. The van der Waals surface area contributed by atoms with Gasteiger partial charge in [0.05, 0.1) is 11.6 Å². The summed E-state index contributed by atoms with van der Waals surface area (Å²) in [4.78, 5) is 11.4. The quantitative estimate of drug-likeness (QED) is 0.715. The molecule has 4 nitrogen and oxygen atoms in total. The van der Waals surface area contributed by atoms with E-state index in [4.69, 9.17) is 27.9 Å². The van der Waals surface area contributed by atoms with Crippen molar-refractivity contribution < 1.29 is 9.53 Å². The standard InChI is InChI=1S/C13H18Cl2N2O2.ClH/c1-16-7-8-17-12(18)6-3-9-19-11-5-2-4-10(14)13(11)15;/h2,4-5,16H,3,6-9H2,1H3,(H,17,18);1H. The molecular formula is C13H19Cl3N2O2. The number of amides is 1. The van der Waals surface area contributed by atoms with E-state index < -0.39 is 0 Å². The number of carbonyl (C=O) groups is 1. The van der Waals surface area contributed by atoms with Crippen LogP contribution in [0.3, 0.4) is 0 Å². The van der Waals surface area contributed by atoms with Crippen LogP contribution in [0.2, 0.25) is 10.0 Å². The molecule has 1 aromatic rings. The molecule has 0 aliphatic heterocycles. The maximum Gasteiger partial charge on any atom is 0.220 e. The van der Waals surface area contributed by atoms with E-state index in [1.165, 1.54) is 0 Å². The molecule has 7 heteroatoms. The van der Waals surface area contributed by atoms with Crippen LogP contribution in [0.15, 0.2) is 18.2 Å². The summed E-state index contributed by atoms with van der Waals surface area (Å²) in [6, 6.07) is 5.22. The first-order chi connectivity index (χ1) is 9.15. The zero-order chi connectivity index (χ0) is 14.1. The van der Waals surface area contributed by atoms with E-state index in [0.717, 1.165) is 6.54 Å². The lowest BCUT2D eigenvalue weighted by molar-refractivity contribution is -0.121. The number of hydrogen-bond donors (Lipinski definition) is 2. The van der Waals surface area contributed by atoms with E-state index >= 15 is 0 Å². The Morgan fingerprint density at radius 1 is 1.30 bits per heavy atom. The topological polar surface area (TPSA) is 50.4 Å². The molecule has 1 rings (SSSR count). The number of rotatable bonds is 8. The third-order valence-electron chi connectivity index (χ3n) is 2.42. The van der Waals surface area contributed by atoms with Crippen molar-refractivity contribution in [3.8, 4) is 5.75 Å². The normalized spacial score (nSPS) is 9.75. The van der Waals surface area contributed by atoms with Crippen LogP contribution < -0.4 is 15.4 Å². The highest BCUT2D eigenvalue weighted by molar-refractivity contribution is 6.42. The third-order valence-corrected chi connectivity index (χ3v) is 3.22. The minimum atomic E-state index is 0. The van der Waals surface area contributed by atoms with Gasteiger partial charge in [0, 0.05) is 19.5 Å². The highest BCUT2D eigenvalue weighted by Gasteiger charge is 2.05. The first-order valence-electron chi connectivity index (χ1n) is 6.13. The van der Waals surface area contributed by atoms with Gasteiger partial charge in [0.25, 0.3) is 0 Å². The first-order valence-corrected chi connectivity index (χ1v) is 6.89. The highest BCUT2D eigenvalue weighted by Crippen LogP contribution is 2.31. The molecule has 0 aliphatic rings. The van der Waals surface area contributed by atoms with Crippen LogP contribution in [-0.2, 0) is 4.79 Å². The van der Waals surface area contributed by atoms with Crippen molar-refractivity contribution in [2.24, 2.45) is 0 Å². The molecular weight excluding hydrogens is 323 g/mol. The van der Waals surface area contributed by atoms with Crippen LogP contribution >= 0.6 is 35.6 Å². The van der Waals surface area contributed by atoms with Crippen molar-refractivity contribution in [3.05, 3.63) is 28.2 Å². The Hall–Kier alpha value is -0.680. The third kappa shape index (κ3) is 7.20. The van der Waals surface area contributed by atoms with Crippen molar-refractivity contribution >= 4 is 41.5 Å². The first kappa shape index (κ1) is 19.3. The fourth-order valence-electron chi connectivity index (χ4n) is 1.43. The van der Waals surface area contributed by atoms with Gasteiger partial charge in [-0.1, -0.05) is 29.3 Å². The lowest BCUT2D eigenvalue weighted by Gasteiger charge is -2.09. The number of ether oxygens (including phenoxy) is 1. The van der Waals surface area contributed by atoms with Gasteiger partial charge in [-0.25, -0.2) is 0 Å². The average molecular weight is 342 g/mol. The zero-order valence-electron chi connectivity index (χ0n) is 11.2. The Labute approximate surface area is 135 Å². The van der Waals surface area contributed by atoms with Crippen LogP contribution in [0.25, 0.3) is 0 Å². The predicted molar refractivity (Wildman–Crippen MR) is 85.4 cm³/mol. The van der Waals surface area contributed by atoms with E-state index in [2.05, 4.69) is 10.6 Å². The van der Waals surface area contributed by atoms with Gasteiger partial charge >= 0.3 is 0 Å². The van der Waals surface area contributed by atoms with Crippen molar-refractivity contribution in [2.45, 2.75) is 12.8 Å². The lowest BCUT2D eigenvalue weighted by Crippen LogP contribution is -2.30. The van der Waals surface area contributed by atoms with Crippen molar-refractivity contribution in [3.63, 3.8) is 0 Å². The fourth-order valence-corrected chi connectivity index (χ4v) is 1.77. The summed E-state index contributed by atoms with van der Waals surface area (Å²) in [5, 5.41) is 6.62. The number of benzene rings is 1. The Kier molecular flexibility index (Phi) is 10.7. The number of nitrogens with one attached hydrogen (secondary N) is 2. The maximum atomic E-state index is 11.4. The smallest absolute Gasteiger partial charge is 0.220 e. The molecule has 0 aliphatic carbocycles. The van der Waals surface area contributed by atoms with Gasteiger partial charge in [-0.2, -0.15) is 0 Å². The lowest BCUT2D eigenvalue weighted by atomic mass is 10.3.